The summed E-state index contributed by atoms with van der Waals surface area (Å²) in [5, 5.41) is 3.06. The Balaban J connectivity index is 3.12. The van der Waals surface area contributed by atoms with Crippen LogP contribution in [0.5, 0.6) is 0 Å². The van der Waals surface area contributed by atoms with Crippen LogP contribution in [-0.2, 0) is 23.0 Å². The summed E-state index contributed by atoms with van der Waals surface area (Å²) in [5.74, 6) is 0. The minimum Gasteiger partial charge on any atom is -0.316 e. The Morgan fingerprint density at radius 3 is 2.43 bits per heavy atom. The van der Waals surface area contributed by atoms with E-state index in [1.54, 1.807) is 6.07 Å². The summed E-state index contributed by atoms with van der Waals surface area (Å²) >= 11 is 0. The van der Waals surface area contributed by atoms with Crippen LogP contribution in [0.3, 0.4) is 0 Å². The van der Waals surface area contributed by atoms with E-state index in [1.807, 2.05) is 33.0 Å². The zero-order chi connectivity index (χ0) is 15.9. The Kier molecular flexibility index (Phi) is 7.35. The third-order valence-corrected chi connectivity index (χ3v) is 5.24. The van der Waals surface area contributed by atoms with E-state index in [4.69, 9.17) is 0 Å². The molecule has 4 nitrogen and oxygen atoms in total. The van der Waals surface area contributed by atoms with E-state index in [-0.39, 0.29) is 6.04 Å². The van der Waals surface area contributed by atoms with Crippen LogP contribution < -0.4 is 10.0 Å². The average molecular weight is 312 g/mol. The molecule has 21 heavy (non-hydrogen) atoms. The molecule has 0 aliphatic carbocycles. The fourth-order valence-electron chi connectivity index (χ4n) is 2.43. The summed E-state index contributed by atoms with van der Waals surface area (Å²) in [4.78, 5) is 0.423. The number of benzene rings is 1. The number of rotatable bonds is 9. The molecule has 0 aliphatic rings. The highest BCUT2D eigenvalue weighted by Crippen LogP contribution is 2.20. The zero-order valence-electron chi connectivity index (χ0n) is 13.6. The van der Waals surface area contributed by atoms with Crippen molar-refractivity contribution in [1.29, 1.82) is 0 Å². The third-order valence-electron chi connectivity index (χ3n) is 3.63. The third kappa shape index (κ3) is 5.09. The smallest absolute Gasteiger partial charge is 0.241 e. The predicted molar refractivity (Wildman–Crippen MR) is 87.9 cm³/mol. The molecule has 0 saturated heterocycles. The van der Waals surface area contributed by atoms with Gasteiger partial charge in [-0.1, -0.05) is 39.3 Å². The van der Waals surface area contributed by atoms with Crippen LogP contribution in [0.2, 0.25) is 0 Å². The second-order valence-electron chi connectivity index (χ2n) is 5.34. The summed E-state index contributed by atoms with van der Waals surface area (Å²) in [7, 11) is -1.60. The van der Waals surface area contributed by atoms with Crippen molar-refractivity contribution < 1.29 is 8.42 Å². The first-order valence-electron chi connectivity index (χ1n) is 7.77. The molecule has 5 heteroatoms. The standard InChI is InChI=1S/C16H28N2O2S/c1-5-8-15(7-3)18-21(19,20)16-11-13(12-17-4)9-10-14(16)6-2/h9-11,15,17-18H,5-8,12H2,1-4H3. The van der Waals surface area contributed by atoms with Gasteiger partial charge in [-0.3, -0.25) is 0 Å². The Morgan fingerprint density at radius 2 is 1.90 bits per heavy atom. The van der Waals surface area contributed by atoms with Crippen molar-refractivity contribution in [3.63, 3.8) is 0 Å². The average Bonchev–Trinajstić information content (AvgIpc) is 2.47. The van der Waals surface area contributed by atoms with Crippen LogP contribution in [0.15, 0.2) is 23.1 Å². The van der Waals surface area contributed by atoms with E-state index < -0.39 is 10.0 Å². The van der Waals surface area contributed by atoms with Crippen LogP contribution >= 0.6 is 0 Å². The van der Waals surface area contributed by atoms with Crippen molar-refractivity contribution >= 4 is 10.0 Å². The molecule has 0 aromatic heterocycles. The fourth-order valence-corrected chi connectivity index (χ4v) is 4.15. The monoisotopic (exact) mass is 312 g/mol. The first-order valence-corrected chi connectivity index (χ1v) is 9.25. The summed E-state index contributed by atoms with van der Waals surface area (Å²) in [5.41, 5.74) is 1.85. The molecule has 120 valence electrons. The number of nitrogens with one attached hydrogen (secondary N) is 2. The maximum absolute atomic E-state index is 12.7. The second kappa shape index (κ2) is 8.51. The van der Waals surface area contributed by atoms with Crippen LogP contribution in [0.1, 0.15) is 51.2 Å². The van der Waals surface area contributed by atoms with Crippen molar-refractivity contribution in [2.24, 2.45) is 0 Å². The van der Waals surface area contributed by atoms with E-state index >= 15 is 0 Å². The van der Waals surface area contributed by atoms with Crippen LogP contribution in [0.25, 0.3) is 0 Å². The van der Waals surface area contributed by atoms with Gasteiger partial charge in [0, 0.05) is 12.6 Å². The highest BCUT2D eigenvalue weighted by Gasteiger charge is 2.21. The lowest BCUT2D eigenvalue weighted by molar-refractivity contribution is 0.512. The van der Waals surface area contributed by atoms with Gasteiger partial charge in [0.1, 0.15) is 0 Å². The van der Waals surface area contributed by atoms with Gasteiger partial charge in [-0.25, -0.2) is 13.1 Å². The molecule has 1 aromatic carbocycles. The first-order chi connectivity index (χ1) is 9.98. The lowest BCUT2D eigenvalue weighted by atomic mass is 10.1. The Morgan fingerprint density at radius 1 is 1.19 bits per heavy atom. The zero-order valence-corrected chi connectivity index (χ0v) is 14.4. The lowest BCUT2D eigenvalue weighted by Gasteiger charge is -2.18. The van der Waals surface area contributed by atoms with Gasteiger partial charge in [-0.2, -0.15) is 0 Å². The molecule has 0 spiro atoms. The highest BCUT2D eigenvalue weighted by atomic mass is 32.2. The molecule has 0 heterocycles. The van der Waals surface area contributed by atoms with Crippen LogP contribution in [0, 0.1) is 0 Å². The van der Waals surface area contributed by atoms with E-state index in [9.17, 15) is 8.42 Å². The van der Waals surface area contributed by atoms with Gasteiger partial charge in [-0.05, 0) is 43.5 Å². The topological polar surface area (TPSA) is 58.2 Å². The Bertz CT molecular complexity index is 541. The summed E-state index contributed by atoms with van der Waals surface area (Å²) in [6.07, 6.45) is 3.36. The number of hydrogen-bond acceptors (Lipinski definition) is 3. The lowest BCUT2D eigenvalue weighted by Crippen LogP contribution is -2.34. The predicted octanol–water partition coefficient (Wildman–Crippen LogP) is 2.83. The molecule has 0 fully saturated rings. The first kappa shape index (κ1) is 18.1. The van der Waals surface area contributed by atoms with Crippen molar-refractivity contribution in [1.82, 2.24) is 10.0 Å². The molecule has 1 aromatic rings. The molecule has 0 aliphatic heterocycles. The maximum atomic E-state index is 12.7. The molecule has 1 unspecified atom stereocenters. The van der Waals surface area contributed by atoms with Gasteiger partial charge in [0.15, 0.2) is 0 Å². The molecule has 0 bridgehead atoms. The molecule has 2 N–H and O–H groups in total. The van der Waals surface area contributed by atoms with Gasteiger partial charge < -0.3 is 5.32 Å². The molecular formula is C16H28N2O2S. The summed E-state index contributed by atoms with van der Waals surface area (Å²) < 4.78 is 28.2. The number of hydrogen-bond donors (Lipinski definition) is 2. The normalized spacial score (nSPS) is 13.3. The van der Waals surface area contributed by atoms with Crippen LogP contribution in [0.4, 0.5) is 0 Å². The molecule has 1 atom stereocenters. The summed E-state index contributed by atoms with van der Waals surface area (Å²) in [6.45, 7) is 6.73. The van der Waals surface area contributed by atoms with Crippen molar-refractivity contribution in [2.45, 2.75) is 63.9 Å². The molecule has 0 radical (unpaired) electrons. The Labute approximate surface area is 129 Å². The highest BCUT2D eigenvalue weighted by molar-refractivity contribution is 7.89. The van der Waals surface area contributed by atoms with E-state index in [2.05, 4.69) is 17.0 Å². The fraction of sp³-hybridized carbons (Fsp3) is 0.625. The van der Waals surface area contributed by atoms with E-state index in [0.717, 1.165) is 30.4 Å². The Hall–Kier alpha value is -0.910. The van der Waals surface area contributed by atoms with Crippen molar-refractivity contribution in [3.8, 4) is 0 Å². The molecular weight excluding hydrogens is 284 g/mol. The minimum atomic E-state index is -3.46. The van der Waals surface area contributed by atoms with Gasteiger partial charge in [0.05, 0.1) is 4.90 Å². The second-order valence-corrected chi connectivity index (χ2v) is 7.02. The quantitative estimate of drug-likeness (QED) is 0.737. The summed E-state index contributed by atoms with van der Waals surface area (Å²) in [6, 6.07) is 5.70. The largest absolute Gasteiger partial charge is 0.316 e. The van der Waals surface area contributed by atoms with Gasteiger partial charge in [-0.15, -0.1) is 0 Å². The van der Waals surface area contributed by atoms with Gasteiger partial charge in [0.25, 0.3) is 0 Å². The van der Waals surface area contributed by atoms with Gasteiger partial charge >= 0.3 is 0 Å². The molecule has 1 rings (SSSR count). The SMILES string of the molecule is CCCC(CC)NS(=O)(=O)c1cc(CNC)ccc1CC. The minimum absolute atomic E-state index is 0.0117. The molecule has 0 amide bonds. The van der Waals surface area contributed by atoms with E-state index in [1.165, 1.54) is 0 Å². The van der Waals surface area contributed by atoms with Crippen molar-refractivity contribution in [2.75, 3.05) is 7.05 Å². The maximum Gasteiger partial charge on any atom is 0.241 e. The molecule has 0 saturated carbocycles. The van der Waals surface area contributed by atoms with Gasteiger partial charge in [0.2, 0.25) is 10.0 Å². The number of aryl methyl sites for hydroxylation is 1. The van der Waals surface area contributed by atoms with Crippen molar-refractivity contribution in [3.05, 3.63) is 29.3 Å². The van der Waals surface area contributed by atoms with Crippen LogP contribution in [-0.4, -0.2) is 21.5 Å². The number of sulfonamides is 1. The van der Waals surface area contributed by atoms with E-state index in [0.29, 0.717) is 17.9 Å².